The fraction of sp³-hybridized carbons (Fsp3) is 0.167. The molecule has 7 aromatic rings. The maximum Gasteiger partial charge on any atom is 0.280 e. The average Bonchev–Trinajstić information content (AvgIpc) is 3.59. The molecule has 12 heteroatoms. The molecule has 3 atom stereocenters. The number of nitrogens with one attached hydrogen (secondary N) is 2. The molecule has 4 N–H and O–H groups in total. The molecule has 1 aliphatic heterocycles. The van der Waals surface area contributed by atoms with Crippen LogP contribution in [0.1, 0.15) is 12.6 Å². The highest BCUT2D eigenvalue weighted by Gasteiger charge is 2.35. The molecule has 0 aliphatic carbocycles. The standard InChI is InChI=1S/C30H22N6O6/c37-12-23-22(38)11-24(42-23)35-13-31-27-28(35)33-30(34-29(27)39)32-20-9-7-16-14-3-1-2-4-15(14)17-8-10-21(36(40)41)19-6-5-18(20)25(16)26(17)19/h1-10,13,22-24,37-38H,11-12H2,(H2,32,33,34,39)/t22-,23+,24+/m0/s1. The quantitative estimate of drug-likeness (QED) is 0.102. The molecule has 12 nitrogen and oxygen atoms in total. The van der Waals surface area contributed by atoms with Crippen molar-refractivity contribution in [2.45, 2.75) is 24.9 Å². The summed E-state index contributed by atoms with van der Waals surface area (Å²) in [4.78, 5) is 36.1. The Kier molecular flexibility index (Phi) is 5.22. The van der Waals surface area contributed by atoms with E-state index in [1.165, 1.54) is 6.33 Å². The second-order valence-electron chi connectivity index (χ2n) is 10.5. The molecular weight excluding hydrogens is 540 g/mol. The van der Waals surface area contributed by atoms with Gasteiger partial charge in [-0.3, -0.25) is 24.5 Å². The Hall–Kier alpha value is -5.17. The zero-order valence-corrected chi connectivity index (χ0v) is 21.8. The van der Waals surface area contributed by atoms with E-state index >= 15 is 0 Å². The molecule has 3 heterocycles. The zero-order valence-electron chi connectivity index (χ0n) is 21.8. The van der Waals surface area contributed by atoms with E-state index in [-0.39, 0.29) is 40.8 Å². The van der Waals surface area contributed by atoms with Crippen molar-refractivity contribution in [3.8, 4) is 0 Å². The molecule has 0 radical (unpaired) electrons. The molecule has 0 amide bonds. The molecule has 1 saturated heterocycles. The number of fused-ring (bicyclic) bond motifs is 4. The van der Waals surface area contributed by atoms with Crippen LogP contribution in [0.25, 0.3) is 54.3 Å². The van der Waals surface area contributed by atoms with Crippen LogP contribution in [0.3, 0.4) is 0 Å². The minimum absolute atomic E-state index is 0.0340. The largest absolute Gasteiger partial charge is 0.394 e. The SMILES string of the molecule is O=c1[nH]c(Nc2ccc3c4ccccc4c4ccc([N+](=O)[O-])c5ccc2c3c54)nc2c1ncn2[C@H]1C[C@H](O)[C@@H](CO)O1. The van der Waals surface area contributed by atoms with Crippen molar-refractivity contribution in [3.05, 3.63) is 87.5 Å². The maximum atomic E-state index is 13.0. The number of hydrogen-bond donors (Lipinski definition) is 4. The molecular formula is C30H22N6O6. The normalized spacial score (nSPS) is 19.1. The smallest absolute Gasteiger partial charge is 0.280 e. The van der Waals surface area contributed by atoms with E-state index in [2.05, 4.69) is 20.3 Å². The molecule has 0 saturated carbocycles. The Morgan fingerprint density at radius 2 is 1.69 bits per heavy atom. The van der Waals surface area contributed by atoms with Gasteiger partial charge in [0, 0.05) is 34.3 Å². The first-order chi connectivity index (χ1) is 20.4. The Morgan fingerprint density at radius 3 is 2.40 bits per heavy atom. The van der Waals surface area contributed by atoms with Gasteiger partial charge in [0.05, 0.1) is 29.3 Å². The van der Waals surface area contributed by atoms with Crippen LogP contribution in [0, 0.1) is 10.1 Å². The Balaban J connectivity index is 1.32. The summed E-state index contributed by atoms with van der Waals surface area (Å²) in [6.07, 6.45) is -0.606. The predicted octanol–water partition coefficient (Wildman–Crippen LogP) is 4.46. The third-order valence-corrected chi connectivity index (χ3v) is 8.22. The first kappa shape index (κ1) is 24.6. The molecule has 0 spiro atoms. The number of aromatic amines is 1. The van der Waals surface area contributed by atoms with Gasteiger partial charge in [0.1, 0.15) is 12.3 Å². The molecule has 0 bridgehead atoms. The number of aliphatic hydroxyl groups excluding tert-OH is 2. The number of nitro benzene ring substituents is 1. The number of aliphatic hydroxyl groups is 2. The predicted molar refractivity (Wildman–Crippen MR) is 157 cm³/mol. The van der Waals surface area contributed by atoms with Crippen molar-refractivity contribution in [2.24, 2.45) is 0 Å². The number of aromatic nitrogens is 4. The summed E-state index contributed by atoms with van der Waals surface area (Å²) in [6.45, 7) is -0.335. The molecule has 1 fully saturated rings. The lowest BCUT2D eigenvalue weighted by atomic mass is 9.88. The first-order valence-corrected chi connectivity index (χ1v) is 13.4. The van der Waals surface area contributed by atoms with E-state index in [1.807, 2.05) is 42.5 Å². The summed E-state index contributed by atoms with van der Waals surface area (Å²) in [5.74, 6) is 0.164. The van der Waals surface area contributed by atoms with Crippen LogP contribution >= 0.6 is 0 Å². The summed E-state index contributed by atoms with van der Waals surface area (Å²) < 4.78 is 7.33. The lowest BCUT2D eigenvalue weighted by molar-refractivity contribution is -0.383. The van der Waals surface area contributed by atoms with Crippen molar-refractivity contribution < 1.29 is 19.9 Å². The fourth-order valence-electron chi connectivity index (χ4n) is 6.32. The van der Waals surface area contributed by atoms with Gasteiger partial charge in [-0.05, 0) is 39.7 Å². The second-order valence-corrected chi connectivity index (χ2v) is 10.5. The number of hydrogen-bond acceptors (Lipinski definition) is 9. The third kappa shape index (κ3) is 3.43. The van der Waals surface area contributed by atoms with Gasteiger partial charge >= 0.3 is 0 Å². The summed E-state index contributed by atoms with van der Waals surface area (Å²) in [5, 5.41) is 41.8. The maximum absolute atomic E-state index is 13.0. The van der Waals surface area contributed by atoms with Crippen LogP contribution in [0.2, 0.25) is 0 Å². The highest BCUT2D eigenvalue weighted by molar-refractivity contribution is 6.35. The van der Waals surface area contributed by atoms with Gasteiger partial charge in [-0.25, -0.2) is 4.98 Å². The van der Waals surface area contributed by atoms with Crippen molar-refractivity contribution in [1.82, 2.24) is 19.5 Å². The number of benzene rings is 5. The fourth-order valence-corrected chi connectivity index (χ4v) is 6.32. The molecule has 208 valence electrons. The van der Waals surface area contributed by atoms with Gasteiger partial charge in [0.15, 0.2) is 11.2 Å². The minimum Gasteiger partial charge on any atom is -0.394 e. The van der Waals surface area contributed by atoms with E-state index in [0.717, 1.165) is 37.7 Å². The van der Waals surface area contributed by atoms with Crippen molar-refractivity contribution in [1.29, 1.82) is 0 Å². The number of ether oxygens (including phenoxy) is 1. The molecule has 42 heavy (non-hydrogen) atoms. The number of imidazole rings is 1. The first-order valence-electron chi connectivity index (χ1n) is 13.4. The topological polar surface area (TPSA) is 168 Å². The number of H-pyrrole nitrogens is 1. The highest BCUT2D eigenvalue weighted by atomic mass is 16.6. The summed E-state index contributed by atoms with van der Waals surface area (Å²) >= 11 is 0. The van der Waals surface area contributed by atoms with Gasteiger partial charge < -0.3 is 20.3 Å². The van der Waals surface area contributed by atoms with Crippen LogP contribution in [-0.4, -0.2) is 53.5 Å². The van der Waals surface area contributed by atoms with E-state index in [1.54, 1.807) is 22.8 Å². The lowest BCUT2D eigenvalue weighted by Crippen LogP contribution is -2.24. The summed E-state index contributed by atoms with van der Waals surface area (Å²) in [5.41, 5.74) is 0.593. The number of rotatable bonds is 5. The Labute approximate surface area is 235 Å². The number of non-ortho nitro benzene ring substituents is 1. The molecule has 8 rings (SSSR count). The van der Waals surface area contributed by atoms with E-state index < -0.39 is 24.0 Å². The molecule has 2 aromatic heterocycles. The summed E-state index contributed by atoms with van der Waals surface area (Å²) in [6, 6.07) is 18.8. The van der Waals surface area contributed by atoms with Crippen LogP contribution in [0.15, 0.2) is 71.8 Å². The minimum atomic E-state index is -0.860. The van der Waals surface area contributed by atoms with Crippen molar-refractivity contribution in [3.63, 3.8) is 0 Å². The van der Waals surface area contributed by atoms with Gasteiger partial charge in [0.2, 0.25) is 5.95 Å². The van der Waals surface area contributed by atoms with Crippen molar-refractivity contribution >= 4 is 71.6 Å². The van der Waals surface area contributed by atoms with Crippen LogP contribution in [-0.2, 0) is 4.74 Å². The van der Waals surface area contributed by atoms with E-state index in [0.29, 0.717) is 11.1 Å². The van der Waals surface area contributed by atoms with Crippen LogP contribution in [0.4, 0.5) is 17.3 Å². The van der Waals surface area contributed by atoms with Crippen LogP contribution in [0.5, 0.6) is 0 Å². The lowest BCUT2D eigenvalue weighted by Gasteiger charge is -2.17. The Bertz CT molecular complexity index is 2280. The van der Waals surface area contributed by atoms with Crippen LogP contribution < -0.4 is 10.9 Å². The molecule has 5 aromatic carbocycles. The number of nitro groups is 1. The summed E-state index contributed by atoms with van der Waals surface area (Å²) in [7, 11) is 0. The number of nitrogens with zero attached hydrogens (tertiary/aromatic N) is 4. The van der Waals surface area contributed by atoms with Crippen molar-refractivity contribution in [2.75, 3.05) is 11.9 Å². The molecule has 0 unspecified atom stereocenters. The monoisotopic (exact) mass is 562 g/mol. The Morgan fingerprint density at radius 1 is 1.00 bits per heavy atom. The third-order valence-electron chi connectivity index (χ3n) is 8.22. The van der Waals surface area contributed by atoms with Gasteiger partial charge in [-0.1, -0.05) is 36.4 Å². The van der Waals surface area contributed by atoms with Gasteiger partial charge in [-0.15, -0.1) is 0 Å². The average molecular weight is 563 g/mol. The second kappa shape index (κ2) is 8.91. The number of anilines is 2. The van der Waals surface area contributed by atoms with E-state index in [4.69, 9.17) is 4.74 Å². The van der Waals surface area contributed by atoms with E-state index in [9.17, 15) is 25.1 Å². The highest BCUT2D eigenvalue weighted by Crippen LogP contribution is 2.45. The zero-order chi connectivity index (χ0) is 28.7. The van der Waals surface area contributed by atoms with Gasteiger partial charge in [-0.2, -0.15) is 4.98 Å². The molecule has 1 aliphatic rings. The van der Waals surface area contributed by atoms with Gasteiger partial charge in [0.25, 0.3) is 11.2 Å².